The Morgan fingerprint density at radius 1 is 1.10 bits per heavy atom. The summed E-state index contributed by atoms with van der Waals surface area (Å²) in [5, 5.41) is 0. The van der Waals surface area contributed by atoms with Crippen molar-refractivity contribution in [1.29, 1.82) is 0 Å². The van der Waals surface area contributed by atoms with E-state index in [1.165, 1.54) is 0 Å². The van der Waals surface area contributed by atoms with Gasteiger partial charge >= 0.3 is 0 Å². The van der Waals surface area contributed by atoms with Crippen LogP contribution < -0.4 is 0 Å². The van der Waals surface area contributed by atoms with Gasteiger partial charge in [0.2, 0.25) is 0 Å². The number of hydrogen-bond acceptors (Lipinski definition) is 2. The Hall–Kier alpha value is -2.42. The summed E-state index contributed by atoms with van der Waals surface area (Å²) in [6.07, 6.45) is 0.815. The first-order chi connectivity index (χ1) is 10.2. The standard InChI is InChI=1S/C18H18N2O/c1-3-18-19-15-6-4-5-7-16(15)20(18)12-17(21)14-10-8-13(2)9-11-14/h4-11H,3,12H2,1-2H3. The lowest BCUT2D eigenvalue weighted by Crippen LogP contribution is -2.12. The largest absolute Gasteiger partial charge is 0.320 e. The lowest BCUT2D eigenvalue weighted by Gasteiger charge is -2.07. The molecule has 0 fully saturated rings. The number of fused-ring (bicyclic) bond motifs is 1. The molecule has 0 bridgehead atoms. The highest BCUT2D eigenvalue weighted by molar-refractivity contribution is 5.96. The minimum atomic E-state index is 0.118. The molecule has 3 nitrogen and oxygen atoms in total. The number of para-hydroxylation sites is 2. The number of ketones is 1. The monoisotopic (exact) mass is 278 g/mol. The van der Waals surface area contributed by atoms with E-state index in [1.54, 1.807) is 0 Å². The maximum Gasteiger partial charge on any atom is 0.182 e. The van der Waals surface area contributed by atoms with Gasteiger partial charge in [-0.2, -0.15) is 0 Å². The fourth-order valence-corrected chi connectivity index (χ4v) is 2.55. The first kappa shape index (κ1) is 13.6. The molecule has 3 heteroatoms. The lowest BCUT2D eigenvalue weighted by molar-refractivity contribution is 0.0972. The van der Waals surface area contributed by atoms with Crippen LogP contribution in [0.2, 0.25) is 0 Å². The number of nitrogens with zero attached hydrogens (tertiary/aromatic N) is 2. The molecule has 0 aliphatic heterocycles. The summed E-state index contributed by atoms with van der Waals surface area (Å²) in [7, 11) is 0. The normalized spacial score (nSPS) is 11.0. The van der Waals surface area contributed by atoms with Crippen molar-refractivity contribution in [3.05, 3.63) is 65.5 Å². The summed E-state index contributed by atoms with van der Waals surface area (Å²) in [5.74, 6) is 1.07. The van der Waals surface area contributed by atoms with Crippen molar-refractivity contribution in [3.63, 3.8) is 0 Å². The van der Waals surface area contributed by atoms with Gasteiger partial charge in [0.1, 0.15) is 5.82 Å². The van der Waals surface area contributed by atoms with Crippen molar-refractivity contribution in [2.45, 2.75) is 26.8 Å². The molecule has 2 aromatic carbocycles. The van der Waals surface area contributed by atoms with Gasteiger partial charge in [-0.1, -0.05) is 48.9 Å². The molecule has 3 aromatic rings. The van der Waals surface area contributed by atoms with Crippen LogP contribution in [-0.4, -0.2) is 15.3 Å². The molecule has 1 aromatic heterocycles. The first-order valence-corrected chi connectivity index (χ1v) is 7.23. The maximum absolute atomic E-state index is 12.5. The molecule has 21 heavy (non-hydrogen) atoms. The minimum Gasteiger partial charge on any atom is -0.320 e. The van der Waals surface area contributed by atoms with Gasteiger partial charge in [-0.3, -0.25) is 4.79 Å². The van der Waals surface area contributed by atoms with Gasteiger partial charge < -0.3 is 4.57 Å². The van der Waals surface area contributed by atoms with Gasteiger partial charge in [-0.15, -0.1) is 0 Å². The van der Waals surface area contributed by atoms with E-state index in [0.717, 1.165) is 34.4 Å². The number of hydrogen-bond donors (Lipinski definition) is 0. The molecule has 0 unspecified atom stereocenters. The molecule has 0 amide bonds. The van der Waals surface area contributed by atoms with E-state index in [4.69, 9.17) is 0 Å². The zero-order valence-electron chi connectivity index (χ0n) is 12.3. The summed E-state index contributed by atoms with van der Waals surface area (Å²) >= 11 is 0. The number of rotatable bonds is 4. The molecule has 3 rings (SSSR count). The van der Waals surface area contributed by atoms with Crippen LogP contribution in [0.3, 0.4) is 0 Å². The summed E-state index contributed by atoms with van der Waals surface area (Å²) in [6, 6.07) is 15.7. The molecular formula is C18H18N2O. The molecule has 0 radical (unpaired) electrons. The first-order valence-electron chi connectivity index (χ1n) is 7.23. The third-order valence-corrected chi connectivity index (χ3v) is 3.73. The van der Waals surface area contributed by atoms with Crippen LogP contribution in [0, 0.1) is 6.92 Å². The fourth-order valence-electron chi connectivity index (χ4n) is 2.55. The van der Waals surface area contributed by atoms with Crippen LogP contribution in [0.15, 0.2) is 48.5 Å². The Morgan fingerprint density at radius 3 is 2.52 bits per heavy atom. The van der Waals surface area contributed by atoms with Gasteiger partial charge in [0.05, 0.1) is 17.6 Å². The Morgan fingerprint density at radius 2 is 1.81 bits per heavy atom. The molecule has 0 atom stereocenters. The van der Waals surface area contributed by atoms with Crippen LogP contribution in [0.4, 0.5) is 0 Å². The lowest BCUT2D eigenvalue weighted by atomic mass is 10.1. The minimum absolute atomic E-state index is 0.118. The smallest absolute Gasteiger partial charge is 0.182 e. The van der Waals surface area contributed by atoms with Crippen molar-refractivity contribution < 1.29 is 4.79 Å². The van der Waals surface area contributed by atoms with Crippen LogP contribution in [0.5, 0.6) is 0 Å². The SMILES string of the molecule is CCc1nc2ccccc2n1CC(=O)c1ccc(C)cc1. The quantitative estimate of drug-likeness (QED) is 0.680. The molecule has 0 spiro atoms. The summed E-state index contributed by atoms with van der Waals surface area (Å²) < 4.78 is 2.03. The predicted octanol–water partition coefficient (Wildman–Crippen LogP) is 3.79. The van der Waals surface area contributed by atoms with Crippen molar-refractivity contribution in [2.24, 2.45) is 0 Å². The molecule has 106 valence electrons. The van der Waals surface area contributed by atoms with Crippen molar-refractivity contribution >= 4 is 16.8 Å². The predicted molar refractivity (Wildman–Crippen MR) is 84.6 cm³/mol. The molecule has 0 N–H and O–H groups in total. The van der Waals surface area contributed by atoms with E-state index >= 15 is 0 Å². The number of carbonyl (C=O) groups excluding carboxylic acids is 1. The van der Waals surface area contributed by atoms with Gasteiger partial charge in [0.25, 0.3) is 0 Å². The average molecular weight is 278 g/mol. The van der Waals surface area contributed by atoms with E-state index in [2.05, 4.69) is 11.9 Å². The fraction of sp³-hybridized carbons (Fsp3) is 0.222. The maximum atomic E-state index is 12.5. The zero-order chi connectivity index (χ0) is 14.8. The number of aryl methyl sites for hydroxylation is 2. The summed E-state index contributed by atoms with van der Waals surface area (Å²) in [4.78, 5) is 17.1. The number of aromatic nitrogens is 2. The third-order valence-electron chi connectivity index (χ3n) is 3.73. The number of imidazole rings is 1. The van der Waals surface area contributed by atoms with Crippen molar-refractivity contribution in [3.8, 4) is 0 Å². The molecule has 1 heterocycles. The van der Waals surface area contributed by atoms with E-state index in [9.17, 15) is 4.79 Å². The highest BCUT2D eigenvalue weighted by Crippen LogP contribution is 2.17. The second-order valence-electron chi connectivity index (χ2n) is 5.25. The van der Waals surface area contributed by atoms with Gasteiger partial charge in [0.15, 0.2) is 5.78 Å². The Labute approximate surface area is 124 Å². The van der Waals surface area contributed by atoms with Gasteiger partial charge in [-0.05, 0) is 19.1 Å². The van der Waals surface area contributed by atoms with Crippen LogP contribution in [-0.2, 0) is 13.0 Å². The number of benzene rings is 2. The molecule has 0 aliphatic carbocycles. The van der Waals surface area contributed by atoms with Crippen molar-refractivity contribution in [1.82, 2.24) is 9.55 Å². The number of Topliss-reactive ketones (excluding diaryl/α,β-unsaturated/α-hetero) is 1. The third kappa shape index (κ3) is 2.59. The molecular weight excluding hydrogens is 260 g/mol. The van der Waals surface area contributed by atoms with Crippen LogP contribution in [0.1, 0.15) is 28.7 Å². The Kier molecular flexibility index (Phi) is 3.57. The second-order valence-corrected chi connectivity index (χ2v) is 5.25. The van der Waals surface area contributed by atoms with Gasteiger partial charge in [0, 0.05) is 12.0 Å². The average Bonchev–Trinajstić information content (AvgIpc) is 2.86. The zero-order valence-corrected chi connectivity index (χ0v) is 12.3. The summed E-state index contributed by atoms with van der Waals surface area (Å²) in [5.41, 5.74) is 3.88. The molecule has 0 saturated carbocycles. The van der Waals surface area contributed by atoms with Crippen LogP contribution in [0.25, 0.3) is 11.0 Å². The Balaban J connectivity index is 1.97. The molecule has 0 aliphatic rings. The topological polar surface area (TPSA) is 34.9 Å². The van der Waals surface area contributed by atoms with E-state index < -0.39 is 0 Å². The Bertz CT molecular complexity index is 785. The second kappa shape index (κ2) is 5.52. The van der Waals surface area contributed by atoms with E-state index in [-0.39, 0.29) is 5.78 Å². The van der Waals surface area contributed by atoms with E-state index in [0.29, 0.717) is 6.54 Å². The van der Waals surface area contributed by atoms with Crippen molar-refractivity contribution in [2.75, 3.05) is 0 Å². The van der Waals surface area contributed by atoms with E-state index in [1.807, 2.05) is 60.0 Å². The molecule has 0 saturated heterocycles. The van der Waals surface area contributed by atoms with Gasteiger partial charge in [-0.25, -0.2) is 4.98 Å². The highest BCUT2D eigenvalue weighted by atomic mass is 16.1. The van der Waals surface area contributed by atoms with Crippen LogP contribution >= 0.6 is 0 Å². The highest BCUT2D eigenvalue weighted by Gasteiger charge is 2.13. The number of carbonyl (C=O) groups is 1. The summed E-state index contributed by atoms with van der Waals surface area (Å²) in [6.45, 7) is 4.42.